The van der Waals surface area contributed by atoms with E-state index in [0.717, 1.165) is 32.1 Å². The minimum absolute atomic E-state index is 0.0208. The SMILES string of the molecule is CCCCC/C=C\C/C=C\CCCCCCCCC1(CCCCCCCC/C=C\C/C=C\CCCCC)C[C@@H]2C(CO)OC(CO)C2O1. The van der Waals surface area contributed by atoms with E-state index >= 15 is 0 Å². The Kier molecular flexibility index (Phi) is 26.4. The van der Waals surface area contributed by atoms with Crippen molar-refractivity contribution in [3.63, 3.8) is 0 Å². The second-order valence-corrected chi connectivity index (χ2v) is 14.9. The van der Waals surface area contributed by atoms with Crippen molar-refractivity contribution in [3.8, 4) is 0 Å². The Bertz CT molecular complexity index is 777. The average Bonchev–Trinajstić information content (AvgIpc) is 3.63. The number of allylic oxidation sites excluding steroid dienone is 8. The second kappa shape index (κ2) is 29.5. The molecule has 0 bridgehead atoms. The van der Waals surface area contributed by atoms with Crippen LogP contribution >= 0.6 is 0 Å². The largest absolute Gasteiger partial charge is 0.394 e. The first-order valence-corrected chi connectivity index (χ1v) is 20.8. The molecule has 48 heavy (non-hydrogen) atoms. The monoisotopic (exact) mass is 671 g/mol. The van der Waals surface area contributed by atoms with E-state index in [0.29, 0.717) is 0 Å². The van der Waals surface area contributed by atoms with E-state index < -0.39 is 0 Å². The van der Waals surface area contributed by atoms with Crippen LogP contribution in [0.3, 0.4) is 0 Å². The molecule has 2 rings (SSSR count). The Balaban J connectivity index is 1.60. The Morgan fingerprint density at radius 1 is 0.500 bits per heavy atom. The molecule has 278 valence electrons. The van der Waals surface area contributed by atoms with E-state index in [9.17, 15) is 10.2 Å². The summed E-state index contributed by atoms with van der Waals surface area (Å²) in [6, 6.07) is 0. The van der Waals surface area contributed by atoms with Gasteiger partial charge in [-0.1, -0.05) is 152 Å². The van der Waals surface area contributed by atoms with Gasteiger partial charge >= 0.3 is 0 Å². The molecule has 2 N–H and O–H groups in total. The molecule has 0 aromatic carbocycles. The van der Waals surface area contributed by atoms with Crippen LogP contribution in [0.4, 0.5) is 0 Å². The fraction of sp³-hybridized carbons (Fsp3) is 0.818. The summed E-state index contributed by atoms with van der Waals surface area (Å²) in [7, 11) is 0. The molecule has 2 aliphatic rings. The summed E-state index contributed by atoms with van der Waals surface area (Å²) in [5.41, 5.74) is -0.107. The summed E-state index contributed by atoms with van der Waals surface area (Å²) >= 11 is 0. The molecule has 0 amide bonds. The highest BCUT2D eigenvalue weighted by Gasteiger charge is 2.55. The van der Waals surface area contributed by atoms with E-state index in [1.807, 2.05) is 0 Å². The van der Waals surface area contributed by atoms with Gasteiger partial charge in [-0.15, -0.1) is 0 Å². The first kappa shape index (κ1) is 43.0. The third-order valence-corrected chi connectivity index (χ3v) is 10.6. The number of aliphatic hydroxyl groups is 2. The van der Waals surface area contributed by atoms with Crippen molar-refractivity contribution in [2.45, 2.75) is 211 Å². The average molecular weight is 671 g/mol. The molecular formula is C44H78O4. The van der Waals surface area contributed by atoms with E-state index in [2.05, 4.69) is 62.5 Å². The fourth-order valence-electron chi connectivity index (χ4n) is 7.71. The molecule has 4 nitrogen and oxygen atoms in total. The van der Waals surface area contributed by atoms with Crippen molar-refractivity contribution < 1.29 is 19.7 Å². The number of rotatable bonds is 32. The van der Waals surface area contributed by atoms with E-state index in [1.54, 1.807) is 0 Å². The van der Waals surface area contributed by atoms with Gasteiger partial charge in [-0.3, -0.25) is 0 Å². The van der Waals surface area contributed by atoms with E-state index in [1.165, 1.54) is 141 Å². The molecule has 4 atom stereocenters. The molecule has 3 unspecified atom stereocenters. The zero-order chi connectivity index (χ0) is 34.4. The number of aliphatic hydroxyl groups excluding tert-OH is 2. The zero-order valence-corrected chi connectivity index (χ0v) is 31.6. The Morgan fingerprint density at radius 2 is 0.896 bits per heavy atom. The zero-order valence-electron chi connectivity index (χ0n) is 31.6. The lowest BCUT2D eigenvalue weighted by atomic mass is 9.82. The van der Waals surface area contributed by atoms with Crippen LogP contribution in [0, 0.1) is 5.92 Å². The van der Waals surface area contributed by atoms with E-state index in [-0.39, 0.29) is 43.0 Å². The summed E-state index contributed by atoms with van der Waals surface area (Å²) < 4.78 is 12.8. The van der Waals surface area contributed by atoms with Crippen molar-refractivity contribution >= 4 is 0 Å². The topological polar surface area (TPSA) is 58.9 Å². The van der Waals surface area contributed by atoms with Gasteiger partial charge in [0.2, 0.25) is 0 Å². The highest BCUT2D eigenvalue weighted by atomic mass is 16.6. The van der Waals surface area contributed by atoms with Crippen molar-refractivity contribution in [1.29, 1.82) is 0 Å². The summed E-state index contributed by atoms with van der Waals surface area (Å²) in [6.07, 6.45) is 51.8. The lowest BCUT2D eigenvalue weighted by Crippen LogP contribution is -2.35. The number of ether oxygens (including phenoxy) is 2. The molecule has 2 saturated heterocycles. The maximum atomic E-state index is 9.97. The Morgan fingerprint density at radius 3 is 1.31 bits per heavy atom. The molecule has 0 saturated carbocycles. The molecule has 0 aliphatic carbocycles. The van der Waals surface area contributed by atoms with Gasteiger partial charge in [0.25, 0.3) is 0 Å². The number of hydrogen-bond acceptors (Lipinski definition) is 4. The smallest absolute Gasteiger partial charge is 0.108 e. The predicted octanol–water partition coefficient (Wildman–Crippen LogP) is 12.3. The van der Waals surface area contributed by atoms with Gasteiger partial charge in [-0.25, -0.2) is 0 Å². The maximum absolute atomic E-state index is 9.97. The quantitative estimate of drug-likeness (QED) is 0.0552. The fourth-order valence-corrected chi connectivity index (χ4v) is 7.71. The first-order chi connectivity index (χ1) is 23.7. The third kappa shape index (κ3) is 19.3. The minimum atomic E-state index is -0.291. The van der Waals surface area contributed by atoms with Crippen molar-refractivity contribution in [2.24, 2.45) is 5.92 Å². The van der Waals surface area contributed by atoms with Gasteiger partial charge < -0.3 is 19.7 Å². The predicted molar refractivity (Wildman–Crippen MR) is 206 cm³/mol. The van der Waals surface area contributed by atoms with Gasteiger partial charge in [-0.05, 0) is 83.5 Å². The van der Waals surface area contributed by atoms with E-state index in [4.69, 9.17) is 9.47 Å². The van der Waals surface area contributed by atoms with Crippen LogP contribution in [0.2, 0.25) is 0 Å². The van der Waals surface area contributed by atoms with Crippen molar-refractivity contribution in [2.75, 3.05) is 13.2 Å². The van der Waals surface area contributed by atoms with Gasteiger partial charge in [-0.2, -0.15) is 0 Å². The molecule has 2 heterocycles. The third-order valence-electron chi connectivity index (χ3n) is 10.6. The van der Waals surface area contributed by atoms with Crippen LogP contribution in [-0.2, 0) is 9.47 Å². The number of fused-ring (bicyclic) bond motifs is 1. The molecule has 2 aliphatic heterocycles. The van der Waals surface area contributed by atoms with Gasteiger partial charge in [0, 0.05) is 5.92 Å². The first-order valence-electron chi connectivity index (χ1n) is 20.8. The highest BCUT2D eigenvalue weighted by molar-refractivity contribution is 5.03. The minimum Gasteiger partial charge on any atom is -0.394 e. The normalized spacial score (nSPS) is 22.4. The standard InChI is InChI=1S/C44H78O4/c1-3-5-7-9-11-13-15-17-19-21-23-25-27-29-31-33-35-44(37-40-41(38-45)47-42(39-46)43(40)48-44)36-34-32-30-28-26-24-22-20-18-16-14-12-10-8-6-4-2/h11-14,17-20,40-43,45-46H,3-10,15-16,21-39H2,1-2H3/b13-11-,14-12-,19-17-,20-18-/t40-,41?,42?,43?/m1/s1. The summed E-state index contributed by atoms with van der Waals surface area (Å²) in [4.78, 5) is 0. The summed E-state index contributed by atoms with van der Waals surface area (Å²) in [5.74, 6) is 0.210. The molecular weight excluding hydrogens is 592 g/mol. The Labute approximate surface area is 297 Å². The van der Waals surface area contributed by atoms with Gasteiger partial charge in [0.1, 0.15) is 6.10 Å². The van der Waals surface area contributed by atoms with Gasteiger partial charge in [0.15, 0.2) is 0 Å². The van der Waals surface area contributed by atoms with Crippen molar-refractivity contribution in [1.82, 2.24) is 0 Å². The lowest BCUT2D eigenvalue weighted by Gasteiger charge is -2.32. The summed E-state index contributed by atoms with van der Waals surface area (Å²) in [5, 5.41) is 19.9. The second-order valence-electron chi connectivity index (χ2n) is 14.9. The van der Waals surface area contributed by atoms with Crippen LogP contribution in [0.15, 0.2) is 48.6 Å². The lowest BCUT2D eigenvalue weighted by molar-refractivity contribution is -0.114. The Hall–Kier alpha value is -1.20. The molecule has 2 fully saturated rings. The van der Waals surface area contributed by atoms with Crippen LogP contribution < -0.4 is 0 Å². The number of unbranched alkanes of at least 4 members (excludes halogenated alkanes) is 18. The number of hydrogen-bond donors (Lipinski definition) is 2. The summed E-state index contributed by atoms with van der Waals surface area (Å²) in [6.45, 7) is 4.52. The van der Waals surface area contributed by atoms with Crippen LogP contribution in [0.5, 0.6) is 0 Å². The molecule has 0 aromatic rings. The maximum Gasteiger partial charge on any atom is 0.108 e. The highest BCUT2D eigenvalue weighted by Crippen LogP contribution is 2.49. The molecule has 0 spiro atoms. The molecule has 4 heteroatoms. The van der Waals surface area contributed by atoms with Crippen LogP contribution in [-0.4, -0.2) is 47.3 Å². The molecule has 0 aromatic heterocycles. The van der Waals surface area contributed by atoms with Crippen molar-refractivity contribution in [3.05, 3.63) is 48.6 Å². The van der Waals surface area contributed by atoms with Gasteiger partial charge in [0.05, 0.1) is 31.0 Å². The molecule has 0 radical (unpaired) electrons. The van der Waals surface area contributed by atoms with Crippen LogP contribution in [0.25, 0.3) is 0 Å². The van der Waals surface area contributed by atoms with Crippen LogP contribution in [0.1, 0.15) is 187 Å².